The van der Waals surface area contributed by atoms with Crippen LogP contribution in [0.15, 0.2) is 24.3 Å². The van der Waals surface area contributed by atoms with Crippen LogP contribution in [0.25, 0.3) is 0 Å². The van der Waals surface area contributed by atoms with Crippen molar-refractivity contribution < 1.29 is 0 Å². The summed E-state index contributed by atoms with van der Waals surface area (Å²) in [6.45, 7) is 2.48. The summed E-state index contributed by atoms with van der Waals surface area (Å²) in [4.78, 5) is 2.58. The van der Waals surface area contributed by atoms with Crippen molar-refractivity contribution in [3.05, 3.63) is 29.8 Å². The molecule has 3 rings (SSSR count). The van der Waals surface area contributed by atoms with Crippen LogP contribution in [-0.2, 0) is 0 Å². The fraction of sp³-hybridized carbons (Fsp3) is 0.571. The van der Waals surface area contributed by atoms with Crippen molar-refractivity contribution in [2.24, 2.45) is 5.92 Å². The average Bonchev–Trinajstić information content (AvgIpc) is 3.14. The first kappa shape index (κ1) is 10.2. The summed E-state index contributed by atoms with van der Waals surface area (Å²) < 4.78 is 0. The van der Waals surface area contributed by atoms with E-state index in [0.717, 1.165) is 5.92 Å². The number of benzene rings is 1. The molecule has 1 fully saturated rings. The molecule has 1 heterocycles. The molecule has 1 N–H and O–H groups in total. The summed E-state index contributed by atoms with van der Waals surface area (Å²) in [6.07, 6.45) is 4.11. The standard InChI is InChI=1S/C14H20N2/c1-15-13-8-9-16(10-11-6-7-11)14-5-3-2-4-12(13)14/h2-5,11,13,15H,6-10H2,1H3. The third-order valence-electron chi connectivity index (χ3n) is 3.86. The van der Waals surface area contributed by atoms with Gasteiger partial charge in [-0.1, -0.05) is 18.2 Å². The quantitative estimate of drug-likeness (QED) is 0.835. The fourth-order valence-electron chi connectivity index (χ4n) is 2.73. The molecule has 2 nitrogen and oxygen atoms in total. The van der Waals surface area contributed by atoms with Crippen LogP contribution in [0.4, 0.5) is 5.69 Å². The Labute approximate surface area is 97.6 Å². The monoisotopic (exact) mass is 216 g/mol. The van der Waals surface area contributed by atoms with Crippen LogP contribution in [0.5, 0.6) is 0 Å². The maximum atomic E-state index is 3.42. The highest BCUT2D eigenvalue weighted by Crippen LogP contribution is 2.37. The van der Waals surface area contributed by atoms with Crippen LogP contribution in [0.3, 0.4) is 0 Å². The summed E-state index contributed by atoms with van der Waals surface area (Å²) in [5, 5.41) is 3.42. The van der Waals surface area contributed by atoms with Crippen molar-refractivity contribution >= 4 is 5.69 Å². The Balaban J connectivity index is 1.87. The van der Waals surface area contributed by atoms with E-state index >= 15 is 0 Å². The van der Waals surface area contributed by atoms with Gasteiger partial charge in [0.25, 0.3) is 0 Å². The largest absolute Gasteiger partial charge is 0.371 e. The third kappa shape index (κ3) is 1.82. The summed E-state index contributed by atoms with van der Waals surface area (Å²) >= 11 is 0. The minimum Gasteiger partial charge on any atom is -0.371 e. The minimum atomic E-state index is 0.548. The van der Waals surface area contributed by atoms with Crippen LogP contribution < -0.4 is 10.2 Å². The van der Waals surface area contributed by atoms with E-state index in [4.69, 9.17) is 0 Å². The number of hydrogen-bond donors (Lipinski definition) is 1. The van der Waals surface area contributed by atoms with Crippen molar-refractivity contribution in [1.29, 1.82) is 0 Å². The molecule has 1 unspecified atom stereocenters. The van der Waals surface area contributed by atoms with Gasteiger partial charge in [0.15, 0.2) is 0 Å². The Bertz CT molecular complexity index is 371. The first-order chi connectivity index (χ1) is 7.88. The molecule has 0 saturated heterocycles. The molecule has 0 spiro atoms. The van der Waals surface area contributed by atoms with E-state index in [1.165, 1.54) is 43.6 Å². The average molecular weight is 216 g/mol. The maximum Gasteiger partial charge on any atom is 0.0414 e. The lowest BCUT2D eigenvalue weighted by Gasteiger charge is -2.35. The SMILES string of the molecule is CNC1CCN(CC2CC2)c2ccccc21. The molecule has 1 aromatic rings. The van der Waals surface area contributed by atoms with E-state index in [1.807, 2.05) is 0 Å². The lowest BCUT2D eigenvalue weighted by molar-refractivity contribution is 0.511. The minimum absolute atomic E-state index is 0.548. The Kier molecular flexibility index (Phi) is 2.60. The van der Waals surface area contributed by atoms with Gasteiger partial charge >= 0.3 is 0 Å². The van der Waals surface area contributed by atoms with Gasteiger partial charge in [-0.05, 0) is 43.9 Å². The Morgan fingerprint density at radius 1 is 1.25 bits per heavy atom. The molecule has 2 aliphatic rings. The highest BCUT2D eigenvalue weighted by atomic mass is 15.2. The highest BCUT2D eigenvalue weighted by molar-refractivity contribution is 5.57. The second-order valence-electron chi connectivity index (χ2n) is 5.08. The Hall–Kier alpha value is -1.02. The molecule has 16 heavy (non-hydrogen) atoms. The van der Waals surface area contributed by atoms with E-state index in [-0.39, 0.29) is 0 Å². The van der Waals surface area contributed by atoms with E-state index < -0.39 is 0 Å². The summed E-state index contributed by atoms with van der Waals surface area (Å²) in [6, 6.07) is 9.42. The van der Waals surface area contributed by atoms with Gasteiger partial charge in [0.2, 0.25) is 0 Å². The van der Waals surface area contributed by atoms with E-state index in [9.17, 15) is 0 Å². The number of nitrogens with zero attached hydrogens (tertiary/aromatic N) is 1. The zero-order valence-electron chi connectivity index (χ0n) is 9.95. The molecule has 1 aromatic carbocycles. The molecule has 0 radical (unpaired) electrons. The number of nitrogens with one attached hydrogen (secondary N) is 1. The number of para-hydroxylation sites is 1. The zero-order valence-corrected chi connectivity index (χ0v) is 9.95. The summed E-state index contributed by atoms with van der Waals surface area (Å²) in [7, 11) is 2.07. The summed E-state index contributed by atoms with van der Waals surface area (Å²) in [5.74, 6) is 0.971. The van der Waals surface area contributed by atoms with Crippen molar-refractivity contribution in [2.45, 2.75) is 25.3 Å². The van der Waals surface area contributed by atoms with Gasteiger partial charge in [-0.3, -0.25) is 0 Å². The molecular weight excluding hydrogens is 196 g/mol. The third-order valence-corrected chi connectivity index (χ3v) is 3.86. The van der Waals surface area contributed by atoms with Gasteiger partial charge in [0, 0.05) is 24.8 Å². The van der Waals surface area contributed by atoms with Gasteiger partial charge in [0.05, 0.1) is 0 Å². The van der Waals surface area contributed by atoms with Gasteiger partial charge < -0.3 is 10.2 Å². The number of fused-ring (bicyclic) bond motifs is 1. The van der Waals surface area contributed by atoms with E-state index in [2.05, 4.69) is 41.5 Å². The van der Waals surface area contributed by atoms with Crippen molar-refractivity contribution in [3.63, 3.8) is 0 Å². The predicted octanol–water partition coefficient (Wildman–Crippen LogP) is 2.57. The van der Waals surface area contributed by atoms with E-state index in [0.29, 0.717) is 6.04 Å². The van der Waals surface area contributed by atoms with Crippen LogP contribution in [0.2, 0.25) is 0 Å². The number of anilines is 1. The van der Waals surface area contributed by atoms with Crippen LogP contribution in [0, 0.1) is 5.92 Å². The van der Waals surface area contributed by atoms with Crippen LogP contribution >= 0.6 is 0 Å². The smallest absolute Gasteiger partial charge is 0.0414 e. The molecule has 0 amide bonds. The Morgan fingerprint density at radius 3 is 2.81 bits per heavy atom. The molecule has 2 heteroatoms. The van der Waals surface area contributed by atoms with E-state index in [1.54, 1.807) is 0 Å². The molecule has 0 bridgehead atoms. The molecule has 0 aromatic heterocycles. The maximum absolute atomic E-state index is 3.42. The van der Waals surface area contributed by atoms with Gasteiger partial charge in [0.1, 0.15) is 0 Å². The second kappa shape index (κ2) is 4.10. The van der Waals surface area contributed by atoms with Gasteiger partial charge in [-0.15, -0.1) is 0 Å². The second-order valence-corrected chi connectivity index (χ2v) is 5.08. The molecule has 1 aliphatic carbocycles. The van der Waals surface area contributed by atoms with Crippen LogP contribution in [0.1, 0.15) is 30.9 Å². The van der Waals surface area contributed by atoms with Crippen molar-refractivity contribution in [3.8, 4) is 0 Å². The van der Waals surface area contributed by atoms with Crippen molar-refractivity contribution in [1.82, 2.24) is 5.32 Å². The molecule has 1 atom stereocenters. The van der Waals surface area contributed by atoms with Gasteiger partial charge in [-0.25, -0.2) is 0 Å². The zero-order chi connectivity index (χ0) is 11.0. The summed E-state index contributed by atoms with van der Waals surface area (Å²) in [5.41, 5.74) is 2.94. The van der Waals surface area contributed by atoms with Crippen LogP contribution in [-0.4, -0.2) is 20.1 Å². The number of hydrogen-bond acceptors (Lipinski definition) is 2. The normalized spacial score (nSPS) is 24.3. The fourth-order valence-corrected chi connectivity index (χ4v) is 2.73. The Morgan fingerprint density at radius 2 is 2.06 bits per heavy atom. The topological polar surface area (TPSA) is 15.3 Å². The predicted molar refractivity (Wildman–Crippen MR) is 67.8 cm³/mol. The number of rotatable bonds is 3. The first-order valence-corrected chi connectivity index (χ1v) is 6.39. The van der Waals surface area contributed by atoms with Gasteiger partial charge in [-0.2, -0.15) is 0 Å². The first-order valence-electron chi connectivity index (χ1n) is 6.39. The molecular formula is C14H20N2. The lowest BCUT2D eigenvalue weighted by atomic mass is 9.96. The lowest BCUT2D eigenvalue weighted by Crippen LogP contribution is -2.36. The molecule has 86 valence electrons. The highest BCUT2D eigenvalue weighted by Gasteiger charge is 2.29. The molecule has 1 aliphatic heterocycles. The van der Waals surface area contributed by atoms with Crippen molar-refractivity contribution in [2.75, 3.05) is 25.0 Å². The molecule has 1 saturated carbocycles.